The molecule has 3 aromatic rings. The molecule has 0 amide bonds. The highest BCUT2D eigenvalue weighted by molar-refractivity contribution is 7.80. The standard InChI is InChI=1S/C19H16Cl2N4S/c1-24-18(17(23-19(24)26)14-5-2-3-9-22-14)16-6-4-10-25(16)15-8-7-12(20)11-13(15)21/h2-11,17-18H,1H3,(H,23,26)/t17-,18-/m0/s1. The Labute approximate surface area is 167 Å². The minimum Gasteiger partial charge on any atom is -0.352 e. The van der Waals surface area contributed by atoms with Crippen molar-refractivity contribution in [2.45, 2.75) is 12.1 Å². The van der Waals surface area contributed by atoms with Crippen molar-refractivity contribution in [3.8, 4) is 5.69 Å². The molecule has 2 aromatic heterocycles. The van der Waals surface area contributed by atoms with Gasteiger partial charge in [0.15, 0.2) is 5.11 Å². The summed E-state index contributed by atoms with van der Waals surface area (Å²) in [5.74, 6) is 0. The fraction of sp³-hybridized carbons (Fsp3) is 0.158. The molecule has 26 heavy (non-hydrogen) atoms. The first-order valence-electron chi connectivity index (χ1n) is 8.13. The molecule has 0 radical (unpaired) electrons. The molecule has 0 aliphatic carbocycles. The number of aromatic nitrogens is 2. The summed E-state index contributed by atoms with van der Waals surface area (Å²) in [6.45, 7) is 0. The quantitative estimate of drug-likeness (QED) is 0.638. The fourth-order valence-corrected chi connectivity index (χ4v) is 4.10. The van der Waals surface area contributed by atoms with E-state index in [4.69, 9.17) is 35.4 Å². The highest BCUT2D eigenvalue weighted by Crippen LogP contribution is 2.39. The van der Waals surface area contributed by atoms with E-state index in [1.165, 1.54) is 0 Å². The van der Waals surface area contributed by atoms with Crippen LogP contribution in [-0.2, 0) is 0 Å². The van der Waals surface area contributed by atoms with Crippen LogP contribution in [0.3, 0.4) is 0 Å². The van der Waals surface area contributed by atoms with E-state index in [0.29, 0.717) is 15.2 Å². The van der Waals surface area contributed by atoms with Gasteiger partial charge in [0.05, 0.1) is 28.5 Å². The summed E-state index contributed by atoms with van der Waals surface area (Å²) in [5, 5.41) is 5.29. The van der Waals surface area contributed by atoms with Crippen LogP contribution < -0.4 is 5.32 Å². The third kappa shape index (κ3) is 2.96. The molecule has 1 fully saturated rings. The number of thiocarbonyl (C=S) groups is 1. The van der Waals surface area contributed by atoms with Crippen LogP contribution in [0.25, 0.3) is 5.69 Å². The van der Waals surface area contributed by atoms with Crippen LogP contribution in [0.2, 0.25) is 10.0 Å². The Morgan fingerprint density at radius 1 is 1.12 bits per heavy atom. The van der Waals surface area contributed by atoms with Gasteiger partial charge in [0.1, 0.15) is 0 Å². The van der Waals surface area contributed by atoms with Gasteiger partial charge in [0.25, 0.3) is 0 Å². The molecule has 1 saturated heterocycles. The van der Waals surface area contributed by atoms with Gasteiger partial charge < -0.3 is 14.8 Å². The lowest BCUT2D eigenvalue weighted by Crippen LogP contribution is -2.25. The van der Waals surface area contributed by atoms with Gasteiger partial charge in [-0.15, -0.1) is 0 Å². The number of benzene rings is 1. The number of likely N-dealkylation sites (N-methyl/N-ethyl adjacent to an activating group) is 1. The van der Waals surface area contributed by atoms with Crippen LogP contribution in [0.15, 0.2) is 60.9 Å². The lowest BCUT2D eigenvalue weighted by atomic mass is 10.0. The third-order valence-electron chi connectivity index (χ3n) is 4.59. The van der Waals surface area contributed by atoms with Gasteiger partial charge in [-0.25, -0.2) is 0 Å². The minimum absolute atomic E-state index is 0.0147. The Morgan fingerprint density at radius 2 is 1.96 bits per heavy atom. The van der Waals surface area contributed by atoms with E-state index in [1.807, 2.05) is 49.6 Å². The number of pyridine rings is 1. The summed E-state index contributed by atoms with van der Waals surface area (Å²) in [6, 6.07) is 15.4. The second-order valence-electron chi connectivity index (χ2n) is 6.14. The van der Waals surface area contributed by atoms with Crippen molar-refractivity contribution in [1.29, 1.82) is 0 Å². The van der Waals surface area contributed by atoms with Crippen molar-refractivity contribution in [3.63, 3.8) is 0 Å². The average molecular weight is 403 g/mol. The van der Waals surface area contributed by atoms with Crippen molar-refractivity contribution < 1.29 is 0 Å². The summed E-state index contributed by atoms with van der Waals surface area (Å²) in [5.41, 5.74) is 2.89. The molecule has 1 aromatic carbocycles. The SMILES string of the molecule is CN1C(=S)N[C@@H](c2ccccn2)[C@@H]1c1cccn1-c1ccc(Cl)cc1Cl. The summed E-state index contributed by atoms with van der Waals surface area (Å²) in [7, 11) is 1.99. The predicted octanol–water partition coefficient (Wildman–Crippen LogP) is 4.78. The number of halogens is 2. The van der Waals surface area contributed by atoms with E-state index in [9.17, 15) is 0 Å². The zero-order valence-corrected chi connectivity index (χ0v) is 16.3. The van der Waals surface area contributed by atoms with Gasteiger partial charge in [-0.05, 0) is 54.7 Å². The maximum atomic E-state index is 6.45. The van der Waals surface area contributed by atoms with Gasteiger partial charge in [0, 0.05) is 30.2 Å². The maximum absolute atomic E-state index is 6.45. The van der Waals surface area contributed by atoms with Gasteiger partial charge in [-0.3, -0.25) is 4.98 Å². The molecule has 4 rings (SSSR count). The summed E-state index contributed by atoms with van der Waals surface area (Å²) in [6.07, 6.45) is 3.79. The van der Waals surface area contributed by atoms with Crippen molar-refractivity contribution in [1.82, 2.24) is 19.8 Å². The monoisotopic (exact) mass is 402 g/mol. The van der Waals surface area contributed by atoms with Crippen LogP contribution in [0.5, 0.6) is 0 Å². The van der Waals surface area contributed by atoms with Gasteiger partial charge >= 0.3 is 0 Å². The highest BCUT2D eigenvalue weighted by atomic mass is 35.5. The normalized spacial score (nSPS) is 19.7. The van der Waals surface area contributed by atoms with E-state index in [1.54, 1.807) is 12.3 Å². The maximum Gasteiger partial charge on any atom is 0.169 e. The average Bonchev–Trinajstić information content (AvgIpc) is 3.21. The lowest BCUT2D eigenvalue weighted by molar-refractivity contribution is 0.357. The number of rotatable bonds is 3. The number of nitrogens with zero attached hydrogens (tertiary/aromatic N) is 3. The largest absolute Gasteiger partial charge is 0.352 e. The molecule has 1 aliphatic heterocycles. The van der Waals surface area contributed by atoms with Gasteiger partial charge in [0.2, 0.25) is 0 Å². The van der Waals surface area contributed by atoms with Gasteiger partial charge in [-0.2, -0.15) is 0 Å². The predicted molar refractivity (Wildman–Crippen MR) is 109 cm³/mol. The second kappa shape index (κ2) is 6.91. The van der Waals surface area contributed by atoms with Crippen molar-refractivity contribution >= 4 is 40.5 Å². The Morgan fingerprint density at radius 3 is 2.69 bits per heavy atom. The molecule has 0 unspecified atom stereocenters. The highest BCUT2D eigenvalue weighted by Gasteiger charge is 2.39. The molecule has 2 atom stereocenters. The smallest absolute Gasteiger partial charge is 0.169 e. The molecule has 1 N–H and O–H groups in total. The summed E-state index contributed by atoms with van der Waals surface area (Å²) >= 11 is 18.0. The summed E-state index contributed by atoms with van der Waals surface area (Å²) in [4.78, 5) is 6.58. The van der Waals surface area contributed by atoms with Crippen LogP contribution in [0.1, 0.15) is 23.5 Å². The first kappa shape index (κ1) is 17.3. The van der Waals surface area contributed by atoms with E-state index in [-0.39, 0.29) is 12.1 Å². The molecular formula is C19H16Cl2N4S. The molecular weight excluding hydrogens is 387 g/mol. The first-order valence-corrected chi connectivity index (χ1v) is 9.29. The van der Waals surface area contributed by atoms with E-state index in [0.717, 1.165) is 17.1 Å². The Balaban J connectivity index is 1.81. The van der Waals surface area contributed by atoms with Crippen molar-refractivity contribution in [2.24, 2.45) is 0 Å². The van der Waals surface area contributed by atoms with E-state index < -0.39 is 0 Å². The Hall–Kier alpha value is -2.08. The van der Waals surface area contributed by atoms with Crippen molar-refractivity contribution in [2.75, 3.05) is 7.05 Å². The first-order chi connectivity index (χ1) is 12.6. The van der Waals surface area contributed by atoms with Crippen LogP contribution in [0.4, 0.5) is 0 Å². The Kier molecular flexibility index (Phi) is 4.61. The minimum atomic E-state index is -0.0478. The molecule has 7 heteroatoms. The second-order valence-corrected chi connectivity index (χ2v) is 7.37. The Bertz CT molecular complexity index is 957. The summed E-state index contributed by atoms with van der Waals surface area (Å²) < 4.78 is 2.07. The number of hydrogen-bond donors (Lipinski definition) is 1. The third-order valence-corrected chi connectivity index (χ3v) is 5.53. The van der Waals surface area contributed by atoms with E-state index in [2.05, 4.69) is 25.8 Å². The zero-order chi connectivity index (χ0) is 18.3. The van der Waals surface area contributed by atoms with E-state index >= 15 is 0 Å². The molecule has 132 valence electrons. The van der Waals surface area contributed by atoms with Crippen LogP contribution in [-0.4, -0.2) is 26.6 Å². The molecule has 4 nitrogen and oxygen atoms in total. The topological polar surface area (TPSA) is 33.1 Å². The molecule has 0 saturated carbocycles. The molecule has 0 spiro atoms. The van der Waals surface area contributed by atoms with Gasteiger partial charge in [-0.1, -0.05) is 29.3 Å². The van der Waals surface area contributed by atoms with Crippen LogP contribution in [0, 0.1) is 0 Å². The molecule has 3 heterocycles. The lowest BCUT2D eigenvalue weighted by Gasteiger charge is -2.26. The zero-order valence-electron chi connectivity index (χ0n) is 13.9. The fourth-order valence-electron chi connectivity index (χ4n) is 3.36. The number of nitrogens with one attached hydrogen (secondary N) is 1. The number of hydrogen-bond acceptors (Lipinski definition) is 2. The molecule has 1 aliphatic rings. The van der Waals surface area contributed by atoms with Crippen LogP contribution >= 0.6 is 35.4 Å². The van der Waals surface area contributed by atoms with Crippen molar-refractivity contribution in [3.05, 3.63) is 82.4 Å². The molecule has 0 bridgehead atoms.